The van der Waals surface area contributed by atoms with Crippen LogP contribution in [0.4, 0.5) is 5.88 Å². The molecule has 0 saturated heterocycles. The number of carbonyl (C=O) groups excluding carboxylic acids is 1. The highest BCUT2D eigenvalue weighted by atomic mass is 16.5. The number of nitrogens with zero attached hydrogens (tertiary/aromatic N) is 2. The SMILES string of the molecule is COc1ccc(OCC(=O)N/N=C/c2ccc(N(C)C)o2)cc1. The van der Waals surface area contributed by atoms with Crippen LogP contribution in [0.25, 0.3) is 0 Å². The van der Waals surface area contributed by atoms with Gasteiger partial charge in [-0.3, -0.25) is 4.79 Å². The van der Waals surface area contributed by atoms with Crippen LogP contribution in [0.15, 0.2) is 45.9 Å². The van der Waals surface area contributed by atoms with Crippen molar-refractivity contribution in [2.75, 3.05) is 32.7 Å². The molecule has 1 amide bonds. The predicted molar refractivity (Wildman–Crippen MR) is 87.3 cm³/mol. The van der Waals surface area contributed by atoms with Crippen molar-refractivity contribution in [1.29, 1.82) is 0 Å². The minimum atomic E-state index is -0.364. The fraction of sp³-hybridized carbons (Fsp3) is 0.250. The summed E-state index contributed by atoms with van der Waals surface area (Å²) in [6.07, 6.45) is 1.43. The van der Waals surface area contributed by atoms with Gasteiger partial charge in [0.15, 0.2) is 12.5 Å². The number of anilines is 1. The van der Waals surface area contributed by atoms with Crippen molar-refractivity contribution in [2.24, 2.45) is 5.10 Å². The molecule has 0 bridgehead atoms. The van der Waals surface area contributed by atoms with Crippen molar-refractivity contribution in [1.82, 2.24) is 5.43 Å². The van der Waals surface area contributed by atoms with E-state index in [1.54, 1.807) is 37.4 Å². The van der Waals surface area contributed by atoms with Crippen LogP contribution in [-0.2, 0) is 4.79 Å². The number of carbonyl (C=O) groups is 1. The molecule has 0 unspecified atom stereocenters. The molecule has 0 fully saturated rings. The van der Waals surface area contributed by atoms with E-state index in [0.29, 0.717) is 17.4 Å². The molecule has 23 heavy (non-hydrogen) atoms. The normalized spacial score (nSPS) is 10.6. The van der Waals surface area contributed by atoms with E-state index in [1.165, 1.54) is 6.21 Å². The van der Waals surface area contributed by atoms with Crippen LogP contribution >= 0.6 is 0 Å². The number of benzene rings is 1. The van der Waals surface area contributed by atoms with Gasteiger partial charge in [-0.2, -0.15) is 5.10 Å². The number of rotatable bonds is 7. The van der Waals surface area contributed by atoms with Crippen molar-refractivity contribution in [3.05, 3.63) is 42.2 Å². The predicted octanol–water partition coefficient (Wildman–Crippen LogP) is 1.88. The molecule has 0 aliphatic carbocycles. The highest BCUT2D eigenvalue weighted by Gasteiger charge is 2.03. The van der Waals surface area contributed by atoms with Crippen molar-refractivity contribution >= 4 is 18.0 Å². The average Bonchev–Trinajstić information content (AvgIpc) is 3.02. The number of methoxy groups -OCH3 is 1. The number of amides is 1. The van der Waals surface area contributed by atoms with Crippen LogP contribution in [0.2, 0.25) is 0 Å². The second-order valence-corrected chi connectivity index (χ2v) is 4.83. The van der Waals surface area contributed by atoms with Crippen molar-refractivity contribution in [2.45, 2.75) is 0 Å². The molecule has 1 aromatic heterocycles. The van der Waals surface area contributed by atoms with Crippen molar-refractivity contribution < 1.29 is 18.7 Å². The average molecular weight is 317 g/mol. The molecule has 2 rings (SSSR count). The number of ether oxygens (including phenoxy) is 2. The van der Waals surface area contributed by atoms with Crippen LogP contribution < -0.4 is 19.8 Å². The summed E-state index contributed by atoms with van der Waals surface area (Å²) in [7, 11) is 5.33. The summed E-state index contributed by atoms with van der Waals surface area (Å²) in [5, 5.41) is 3.82. The Morgan fingerprint density at radius 1 is 1.22 bits per heavy atom. The molecule has 0 saturated carbocycles. The maximum Gasteiger partial charge on any atom is 0.277 e. The van der Waals surface area contributed by atoms with Crippen LogP contribution in [0.1, 0.15) is 5.76 Å². The summed E-state index contributed by atoms with van der Waals surface area (Å²) in [5.74, 6) is 2.19. The fourth-order valence-electron chi connectivity index (χ4n) is 1.67. The summed E-state index contributed by atoms with van der Waals surface area (Å²) in [6.45, 7) is -0.134. The summed E-state index contributed by atoms with van der Waals surface area (Å²) < 4.78 is 15.8. The molecule has 1 aromatic carbocycles. The molecule has 122 valence electrons. The van der Waals surface area contributed by atoms with Gasteiger partial charge in [-0.15, -0.1) is 0 Å². The lowest BCUT2D eigenvalue weighted by Crippen LogP contribution is -2.24. The number of hydrogen-bond acceptors (Lipinski definition) is 6. The van der Waals surface area contributed by atoms with Crippen LogP contribution in [0.3, 0.4) is 0 Å². The van der Waals surface area contributed by atoms with E-state index in [4.69, 9.17) is 13.9 Å². The molecule has 0 atom stereocenters. The van der Waals surface area contributed by atoms with E-state index in [9.17, 15) is 4.79 Å². The summed E-state index contributed by atoms with van der Waals surface area (Å²) in [4.78, 5) is 13.5. The minimum Gasteiger partial charge on any atom is -0.497 e. The van der Waals surface area contributed by atoms with Crippen molar-refractivity contribution in [3.8, 4) is 11.5 Å². The van der Waals surface area contributed by atoms with E-state index in [2.05, 4.69) is 10.5 Å². The Balaban J connectivity index is 1.76. The Kier molecular flexibility index (Phi) is 5.62. The van der Waals surface area contributed by atoms with E-state index in [-0.39, 0.29) is 12.5 Å². The van der Waals surface area contributed by atoms with E-state index in [1.807, 2.05) is 25.1 Å². The maximum absolute atomic E-state index is 11.6. The third kappa shape index (κ3) is 5.06. The zero-order chi connectivity index (χ0) is 16.7. The van der Waals surface area contributed by atoms with Gasteiger partial charge in [-0.05, 0) is 30.3 Å². The Bertz CT molecular complexity index is 662. The van der Waals surface area contributed by atoms with Crippen LogP contribution in [0, 0.1) is 0 Å². The fourth-order valence-corrected chi connectivity index (χ4v) is 1.67. The van der Waals surface area contributed by atoms with Crippen LogP contribution in [-0.4, -0.2) is 39.9 Å². The van der Waals surface area contributed by atoms with Gasteiger partial charge in [-0.25, -0.2) is 5.43 Å². The molecule has 0 radical (unpaired) electrons. The smallest absolute Gasteiger partial charge is 0.277 e. The van der Waals surface area contributed by atoms with E-state index >= 15 is 0 Å². The van der Waals surface area contributed by atoms with Gasteiger partial charge in [0.1, 0.15) is 17.3 Å². The first kappa shape index (κ1) is 16.4. The molecule has 7 nitrogen and oxygen atoms in total. The Hall–Kier alpha value is -2.96. The van der Waals surface area contributed by atoms with Gasteiger partial charge in [-0.1, -0.05) is 0 Å². The van der Waals surface area contributed by atoms with Gasteiger partial charge in [0, 0.05) is 20.2 Å². The Morgan fingerprint density at radius 3 is 2.52 bits per heavy atom. The molecule has 0 spiro atoms. The minimum absolute atomic E-state index is 0.134. The summed E-state index contributed by atoms with van der Waals surface area (Å²) in [6, 6.07) is 10.5. The third-order valence-electron chi connectivity index (χ3n) is 2.86. The van der Waals surface area contributed by atoms with Gasteiger partial charge in [0.2, 0.25) is 0 Å². The summed E-state index contributed by atoms with van der Waals surface area (Å²) in [5.41, 5.74) is 2.37. The molecule has 7 heteroatoms. The van der Waals surface area contributed by atoms with E-state index < -0.39 is 0 Å². The first-order chi connectivity index (χ1) is 11.1. The topological polar surface area (TPSA) is 76.3 Å². The largest absolute Gasteiger partial charge is 0.497 e. The maximum atomic E-state index is 11.6. The zero-order valence-electron chi connectivity index (χ0n) is 13.3. The van der Waals surface area contributed by atoms with Gasteiger partial charge in [0.05, 0.1) is 13.3 Å². The molecule has 2 aromatic rings. The number of furan rings is 1. The highest BCUT2D eigenvalue weighted by molar-refractivity contribution is 5.81. The zero-order valence-corrected chi connectivity index (χ0v) is 13.3. The van der Waals surface area contributed by atoms with Gasteiger partial charge in [0.25, 0.3) is 5.91 Å². The van der Waals surface area contributed by atoms with Crippen LogP contribution in [0.5, 0.6) is 11.5 Å². The lowest BCUT2D eigenvalue weighted by molar-refractivity contribution is -0.123. The lowest BCUT2D eigenvalue weighted by Gasteiger charge is -2.06. The number of hydrazone groups is 1. The first-order valence-corrected chi connectivity index (χ1v) is 6.94. The number of hydrogen-bond donors (Lipinski definition) is 1. The molecule has 1 N–H and O–H groups in total. The van der Waals surface area contributed by atoms with Gasteiger partial charge < -0.3 is 18.8 Å². The number of nitrogens with one attached hydrogen (secondary N) is 1. The molecule has 0 aliphatic heterocycles. The second kappa shape index (κ2) is 7.88. The van der Waals surface area contributed by atoms with E-state index in [0.717, 1.165) is 5.75 Å². The Labute approximate surface area is 134 Å². The van der Waals surface area contributed by atoms with Gasteiger partial charge >= 0.3 is 0 Å². The second-order valence-electron chi connectivity index (χ2n) is 4.83. The standard InChI is InChI=1S/C16H19N3O4/c1-19(2)16-9-8-14(23-16)10-17-18-15(20)11-22-13-6-4-12(21-3)5-7-13/h4-10H,11H2,1-3H3,(H,18,20)/b17-10+. The first-order valence-electron chi connectivity index (χ1n) is 6.94. The lowest BCUT2D eigenvalue weighted by atomic mass is 10.3. The Morgan fingerprint density at radius 2 is 1.91 bits per heavy atom. The monoisotopic (exact) mass is 317 g/mol. The quantitative estimate of drug-likeness (QED) is 0.623. The highest BCUT2D eigenvalue weighted by Crippen LogP contribution is 2.16. The summed E-state index contributed by atoms with van der Waals surface area (Å²) >= 11 is 0. The molecule has 0 aliphatic rings. The molecule has 1 heterocycles. The molecular formula is C16H19N3O4. The van der Waals surface area contributed by atoms with Crippen molar-refractivity contribution in [3.63, 3.8) is 0 Å². The third-order valence-corrected chi connectivity index (χ3v) is 2.86. The molecular weight excluding hydrogens is 298 g/mol.